The molecular formula is C16H13ClN4O. The molecule has 0 amide bonds. The van der Waals surface area contributed by atoms with Crippen LogP contribution in [0.25, 0.3) is 11.3 Å². The third kappa shape index (κ3) is 3.32. The number of benzene rings is 1. The quantitative estimate of drug-likeness (QED) is 0.790. The first-order chi connectivity index (χ1) is 10.7. The van der Waals surface area contributed by atoms with Crippen LogP contribution < -0.4 is 10.1 Å². The Morgan fingerprint density at radius 3 is 2.73 bits per heavy atom. The predicted octanol–water partition coefficient (Wildman–Crippen LogP) is 3.94. The molecule has 0 radical (unpaired) electrons. The fraction of sp³-hybridized carbons (Fsp3) is 0.0625. The minimum absolute atomic E-state index is 0.496. The summed E-state index contributed by atoms with van der Waals surface area (Å²) in [7, 11) is 1.58. The largest absolute Gasteiger partial charge is 0.481 e. The number of anilines is 2. The van der Waals surface area contributed by atoms with Gasteiger partial charge in [0, 0.05) is 34.7 Å². The van der Waals surface area contributed by atoms with Gasteiger partial charge in [-0.1, -0.05) is 17.7 Å². The van der Waals surface area contributed by atoms with Gasteiger partial charge >= 0.3 is 0 Å². The third-order valence-corrected chi connectivity index (χ3v) is 3.21. The monoisotopic (exact) mass is 312 g/mol. The molecule has 0 spiro atoms. The number of nitrogens with zero attached hydrogens (tertiary/aromatic N) is 3. The lowest BCUT2D eigenvalue weighted by Crippen LogP contribution is -1.98. The zero-order chi connectivity index (χ0) is 15.4. The molecule has 1 N–H and O–H groups in total. The maximum atomic E-state index is 5.97. The van der Waals surface area contributed by atoms with Crippen LogP contribution >= 0.6 is 11.6 Å². The van der Waals surface area contributed by atoms with E-state index in [2.05, 4.69) is 20.3 Å². The smallest absolute Gasteiger partial charge is 0.227 e. The Kier molecular flexibility index (Phi) is 4.16. The van der Waals surface area contributed by atoms with Gasteiger partial charge in [0.15, 0.2) is 0 Å². The molecule has 0 atom stereocenters. The van der Waals surface area contributed by atoms with E-state index in [1.54, 1.807) is 19.5 Å². The van der Waals surface area contributed by atoms with Crippen LogP contribution in [0.3, 0.4) is 0 Å². The number of pyridine rings is 1. The number of rotatable bonds is 4. The second kappa shape index (κ2) is 6.41. The van der Waals surface area contributed by atoms with Crippen LogP contribution in [-0.4, -0.2) is 22.1 Å². The van der Waals surface area contributed by atoms with Crippen molar-refractivity contribution in [2.45, 2.75) is 0 Å². The second-order valence-electron chi connectivity index (χ2n) is 4.49. The van der Waals surface area contributed by atoms with Crippen LogP contribution in [0.15, 0.2) is 54.9 Å². The molecule has 3 aromatic rings. The molecule has 0 saturated heterocycles. The standard InChI is InChI=1S/C16H13ClN4O/c1-22-15-9-11(5-7-18-15)14-6-8-19-16(21-14)20-13-4-2-3-12(17)10-13/h2-10H,1H3,(H,19,20,21). The summed E-state index contributed by atoms with van der Waals surface area (Å²) in [4.78, 5) is 12.8. The molecule has 0 saturated carbocycles. The van der Waals surface area contributed by atoms with Crippen LogP contribution in [0.1, 0.15) is 0 Å². The average Bonchev–Trinajstić information content (AvgIpc) is 2.55. The van der Waals surface area contributed by atoms with Gasteiger partial charge in [-0.25, -0.2) is 15.0 Å². The molecule has 2 heterocycles. The van der Waals surface area contributed by atoms with Crippen molar-refractivity contribution in [1.29, 1.82) is 0 Å². The van der Waals surface area contributed by atoms with Crippen molar-refractivity contribution in [1.82, 2.24) is 15.0 Å². The van der Waals surface area contributed by atoms with Gasteiger partial charge in [0.1, 0.15) is 0 Å². The fourth-order valence-electron chi connectivity index (χ4n) is 1.96. The lowest BCUT2D eigenvalue weighted by Gasteiger charge is -2.07. The van der Waals surface area contributed by atoms with Crippen LogP contribution in [-0.2, 0) is 0 Å². The summed E-state index contributed by atoms with van der Waals surface area (Å²) >= 11 is 5.97. The van der Waals surface area contributed by atoms with E-state index in [9.17, 15) is 0 Å². The number of nitrogens with one attached hydrogen (secondary N) is 1. The number of hydrogen-bond donors (Lipinski definition) is 1. The van der Waals surface area contributed by atoms with Gasteiger partial charge in [0.2, 0.25) is 11.8 Å². The van der Waals surface area contributed by atoms with Crippen LogP contribution in [0.4, 0.5) is 11.6 Å². The summed E-state index contributed by atoms with van der Waals surface area (Å²) in [6, 6.07) is 12.9. The van der Waals surface area contributed by atoms with E-state index >= 15 is 0 Å². The zero-order valence-electron chi connectivity index (χ0n) is 11.8. The first kappa shape index (κ1) is 14.3. The van der Waals surface area contributed by atoms with Crippen molar-refractivity contribution in [3.05, 3.63) is 59.9 Å². The summed E-state index contributed by atoms with van der Waals surface area (Å²) in [6.45, 7) is 0. The Labute approximate surface area is 133 Å². The highest BCUT2D eigenvalue weighted by Gasteiger charge is 2.05. The highest BCUT2D eigenvalue weighted by molar-refractivity contribution is 6.30. The first-order valence-electron chi connectivity index (χ1n) is 6.60. The lowest BCUT2D eigenvalue weighted by atomic mass is 10.2. The molecule has 0 aliphatic rings. The van der Waals surface area contributed by atoms with Gasteiger partial charge < -0.3 is 10.1 Å². The summed E-state index contributed by atoms with van der Waals surface area (Å²) in [5.41, 5.74) is 2.51. The van der Waals surface area contributed by atoms with Crippen molar-refractivity contribution < 1.29 is 4.74 Å². The van der Waals surface area contributed by atoms with Gasteiger partial charge in [-0.3, -0.25) is 0 Å². The molecule has 0 unspecified atom stereocenters. The Morgan fingerprint density at radius 1 is 1.05 bits per heavy atom. The van der Waals surface area contributed by atoms with E-state index in [-0.39, 0.29) is 0 Å². The van der Waals surface area contributed by atoms with Gasteiger partial charge in [-0.05, 0) is 30.3 Å². The lowest BCUT2D eigenvalue weighted by molar-refractivity contribution is 0.398. The SMILES string of the molecule is COc1cc(-c2ccnc(Nc3cccc(Cl)c3)n2)ccn1. The minimum atomic E-state index is 0.496. The van der Waals surface area contributed by atoms with Crippen LogP contribution in [0.2, 0.25) is 5.02 Å². The Morgan fingerprint density at radius 2 is 1.91 bits per heavy atom. The van der Waals surface area contributed by atoms with Gasteiger partial charge in [0.25, 0.3) is 0 Å². The normalized spacial score (nSPS) is 10.3. The zero-order valence-corrected chi connectivity index (χ0v) is 12.6. The molecule has 0 fully saturated rings. The Hall–Kier alpha value is -2.66. The molecule has 110 valence electrons. The highest BCUT2D eigenvalue weighted by atomic mass is 35.5. The number of aromatic nitrogens is 3. The van der Waals surface area contributed by atoms with E-state index in [1.807, 2.05) is 42.5 Å². The molecule has 6 heteroatoms. The summed E-state index contributed by atoms with van der Waals surface area (Å²) in [5, 5.41) is 3.78. The Balaban J connectivity index is 1.89. The van der Waals surface area contributed by atoms with E-state index in [0.717, 1.165) is 16.9 Å². The molecular weight excluding hydrogens is 300 g/mol. The second-order valence-corrected chi connectivity index (χ2v) is 4.92. The van der Waals surface area contributed by atoms with Crippen molar-refractivity contribution in [3.63, 3.8) is 0 Å². The van der Waals surface area contributed by atoms with E-state index in [4.69, 9.17) is 16.3 Å². The van der Waals surface area contributed by atoms with E-state index in [0.29, 0.717) is 16.9 Å². The van der Waals surface area contributed by atoms with Gasteiger partial charge in [-0.15, -0.1) is 0 Å². The topological polar surface area (TPSA) is 59.9 Å². The number of halogens is 1. The third-order valence-electron chi connectivity index (χ3n) is 2.98. The maximum absolute atomic E-state index is 5.97. The minimum Gasteiger partial charge on any atom is -0.481 e. The van der Waals surface area contributed by atoms with Gasteiger partial charge in [0.05, 0.1) is 12.8 Å². The molecule has 0 aliphatic heterocycles. The molecule has 0 aliphatic carbocycles. The highest BCUT2D eigenvalue weighted by Crippen LogP contribution is 2.22. The van der Waals surface area contributed by atoms with Crippen molar-refractivity contribution in [2.75, 3.05) is 12.4 Å². The van der Waals surface area contributed by atoms with Crippen LogP contribution in [0, 0.1) is 0 Å². The van der Waals surface area contributed by atoms with Crippen molar-refractivity contribution >= 4 is 23.2 Å². The van der Waals surface area contributed by atoms with Crippen molar-refractivity contribution in [2.24, 2.45) is 0 Å². The van der Waals surface area contributed by atoms with Gasteiger partial charge in [-0.2, -0.15) is 0 Å². The van der Waals surface area contributed by atoms with Crippen LogP contribution in [0.5, 0.6) is 5.88 Å². The van der Waals surface area contributed by atoms with E-state index < -0.39 is 0 Å². The Bertz CT molecular complexity index is 794. The molecule has 0 bridgehead atoms. The summed E-state index contributed by atoms with van der Waals surface area (Å²) < 4.78 is 5.13. The molecule has 2 aromatic heterocycles. The fourth-order valence-corrected chi connectivity index (χ4v) is 2.15. The number of methoxy groups -OCH3 is 1. The summed E-state index contributed by atoms with van der Waals surface area (Å²) in [6.07, 6.45) is 3.38. The summed E-state index contributed by atoms with van der Waals surface area (Å²) in [5.74, 6) is 1.04. The molecule has 3 rings (SSSR count). The molecule has 5 nitrogen and oxygen atoms in total. The number of hydrogen-bond acceptors (Lipinski definition) is 5. The molecule has 22 heavy (non-hydrogen) atoms. The van der Waals surface area contributed by atoms with Crippen molar-refractivity contribution in [3.8, 4) is 17.1 Å². The maximum Gasteiger partial charge on any atom is 0.227 e. The predicted molar refractivity (Wildman–Crippen MR) is 86.5 cm³/mol. The van der Waals surface area contributed by atoms with E-state index in [1.165, 1.54) is 0 Å². The first-order valence-corrected chi connectivity index (χ1v) is 6.98. The number of ether oxygens (including phenoxy) is 1. The average molecular weight is 313 g/mol. The molecule has 1 aromatic carbocycles.